The van der Waals surface area contributed by atoms with E-state index < -0.39 is 0 Å². The average Bonchev–Trinajstić information content (AvgIpc) is 2.04. The van der Waals surface area contributed by atoms with Gasteiger partial charge in [-0.05, 0) is 11.6 Å². The molecule has 0 bridgehead atoms. The molecule has 0 saturated carbocycles. The van der Waals surface area contributed by atoms with Gasteiger partial charge >= 0.3 is 0 Å². The molecule has 0 spiro atoms. The first kappa shape index (κ1) is 6.80. The van der Waals surface area contributed by atoms with Crippen molar-refractivity contribution in [3.05, 3.63) is 30.1 Å². The van der Waals surface area contributed by atoms with Crippen LogP contribution in [0.1, 0.15) is 18.6 Å². The third-order valence-corrected chi connectivity index (χ3v) is 2.07. The molecule has 2 heterocycles. The number of hydrogen-bond acceptors (Lipinski definition) is 2. The van der Waals surface area contributed by atoms with Gasteiger partial charge in [-0.1, -0.05) is 13.0 Å². The zero-order valence-electron chi connectivity index (χ0n) is 6.53. The Morgan fingerprint density at radius 2 is 2.55 bits per heavy atom. The molecule has 1 fully saturated rings. The lowest BCUT2D eigenvalue weighted by molar-refractivity contribution is -0.109. The lowest BCUT2D eigenvalue weighted by Crippen LogP contribution is -2.29. The molecule has 2 unspecified atom stereocenters. The maximum Gasteiger partial charge on any atom is 0.0887 e. The summed E-state index contributed by atoms with van der Waals surface area (Å²) >= 11 is 0. The Bertz CT molecular complexity index is 235. The fourth-order valence-corrected chi connectivity index (χ4v) is 1.35. The van der Waals surface area contributed by atoms with Gasteiger partial charge in [0.1, 0.15) is 0 Å². The van der Waals surface area contributed by atoms with E-state index in [1.54, 1.807) is 6.20 Å². The molecule has 1 aromatic rings. The van der Waals surface area contributed by atoms with Gasteiger partial charge in [0.25, 0.3) is 0 Å². The minimum atomic E-state index is 0.295. The fraction of sp³-hybridized carbons (Fsp3) is 0.444. The van der Waals surface area contributed by atoms with Crippen molar-refractivity contribution >= 4 is 0 Å². The summed E-state index contributed by atoms with van der Waals surface area (Å²) in [6.07, 6.45) is 3.95. The van der Waals surface area contributed by atoms with E-state index in [1.165, 1.54) is 5.56 Å². The number of aromatic nitrogens is 1. The van der Waals surface area contributed by atoms with Gasteiger partial charge in [-0.15, -0.1) is 0 Å². The van der Waals surface area contributed by atoms with Crippen LogP contribution in [0.15, 0.2) is 24.5 Å². The van der Waals surface area contributed by atoms with Crippen molar-refractivity contribution in [3.8, 4) is 0 Å². The molecule has 2 heteroatoms. The molecule has 0 radical (unpaired) electrons. The Morgan fingerprint density at radius 1 is 1.64 bits per heavy atom. The van der Waals surface area contributed by atoms with Gasteiger partial charge in [-0.3, -0.25) is 4.98 Å². The molecule has 0 N–H and O–H groups in total. The van der Waals surface area contributed by atoms with Gasteiger partial charge in [0.2, 0.25) is 0 Å². The van der Waals surface area contributed by atoms with Gasteiger partial charge in [0.05, 0.1) is 12.7 Å². The van der Waals surface area contributed by atoms with Crippen LogP contribution in [0.3, 0.4) is 0 Å². The van der Waals surface area contributed by atoms with E-state index >= 15 is 0 Å². The molecule has 1 aliphatic heterocycles. The van der Waals surface area contributed by atoms with Crippen molar-refractivity contribution in [1.82, 2.24) is 4.98 Å². The van der Waals surface area contributed by atoms with Crippen LogP contribution in [0.5, 0.6) is 0 Å². The third kappa shape index (κ3) is 1.14. The zero-order valence-corrected chi connectivity index (χ0v) is 6.53. The van der Waals surface area contributed by atoms with Gasteiger partial charge in [0.15, 0.2) is 0 Å². The van der Waals surface area contributed by atoms with E-state index in [1.807, 2.05) is 12.3 Å². The van der Waals surface area contributed by atoms with E-state index in [0.717, 1.165) is 6.61 Å². The molecule has 1 saturated heterocycles. The highest BCUT2D eigenvalue weighted by Crippen LogP contribution is 2.33. The first-order valence-corrected chi connectivity index (χ1v) is 3.89. The van der Waals surface area contributed by atoms with Gasteiger partial charge in [0, 0.05) is 18.3 Å². The predicted octanol–water partition coefficient (Wildman–Crippen LogP) is 1.79. The highest BCUT2D eigenvalue weighted by Gasteiger charge is 2.29. The first-order chi connectivity index (χ1) is 5.38. The van der Waals surface area contributed by atoms with Crippen LogP contribution in [0.4, 0.5) is 0 Å². The Kier molecular flexibility index (Phi) is 1.62. The highest BCUT2D eigenvalue weighted by molar-refractivity contribution is 5.14. The second-order valence-electron chi connectivity index (χ2n) is 3.02. The lowest BCUT2D eigenvalue weighted by Gasteiger charge is -2.34. The van der Waals surface area contributed by atoms with Gasteiger partial charge in [-0.25, -0.2) is 0 Å². The summed E-state index contributed by atoms with van der Waals surface area (Å²) in [6.45, 7) is 3.08. The second kappa shape index (κ2) is 2.62. The number of ether oxygens (including phenoxy) is 1. The van der Waals surface area contributed by atoms with Crippen LogP contribution in [0.25, 0.3) is 0 Å². The van der Waals surface area contributed by atoms with Crippen molar-refractivity contribution in [1.29, 1.82) is 0 Å². The Labute approximate surface area is 66.2 Å². The van der Waals surface area contributed by atoms with E-state index in [9.17, 15) is 0 Å². The molecule has 0 aromatic carbocycles. The molecule has 0 amide bonds. The number of rotatable bonds is 1. The van der Waals surface area contributed by atoms with Crippen molar-refractivity contribution in [2.24, 2.45) is 5.92 Å². The second-order valence-corrected chi connectivity index (χ2v) is 3.02. The minimum absolute atomic E-state index is 0.295. The SMILES string of the molecule is CC1COC1c1cccnc1. The quantitative estimate of drug-likeness (QED) is 0.607. The summed E-state index contributed by atoms with van der Waals surface area (Å²) in [5, 5.41) is 0. The summed E-state index contributed by atoms with van der Waals surface area (Å²) in [5.41, 5.74) is 1.20. The van der Waals surface area contributed by atoms with Gasteiger partial charge < -0.3 is 4.74 Å². The molecule has 58 valence electrons. The molecule has 2 rings (SSSR count). The Morgan fingerprint density at radius 3 is 3.00 bits per heavy atom. The van der Waals surface area contributed by atoms with Crippen LogP contribution in [-0.2, 0) is 4.74 Å². The number of pyridine rings is 1. The normalized spacial score (nSPS) is 29.5. The molecular formula is C9H11NO. The van der Waals surface area contributed by atoms with E-state index in [2.05, 4.69) is 18.0 Å². The smallest absolute Gasteiger partial charge is 0.0887 e. The molecule has 0 aliphatic carbocycles. The topological polar surface area (TPSA) is 22.1 Å². The highest BCUT2D eigenvalue weighted by atomic mass is 16.5. The molecule has 1 aromatic heterocycles. The third-order valence-electron chi connectivity index (χ3n) is 2.07. The average molecular weight is 149 g/mol. The van der Waals surface area contributed by atoms with Crippen molar-refractivity contribution in [3.63, 3.8) is 0 Å². The summed E-state index contributed by atoms with van der Waals surface area (Å²) in [6, 6.07) is 4.01. The Balaban J connectivity index is 2.17. The minimum Gasteiger partial charge on any atom is -0.373 e. The molecule has 2 nitrogen and oxygen atoms in total. The van der Waals surface area contributed by atoms with E-state index in [4.69, 9.17) is 4.74 Å². The standard InChI is InChI=1S/C9H11NO/c1-7-6-11-9(7)8-3-2-4-10-5-8/h2-5,7,9H,6H2,1H3. The van der Waals surface area contributed by atoms with Crippen molar-refractivity contribution < 1.29 is 4.74 Å². The fourth-order valence-electron chi connectivity index (χ4n) is 1.35. The molecule has 1 aliphatic rings. The maximum atomic E-state index is 5.39. The summed E-state index contributed by atoms with van der Waals surface area (Å²) in [4.78, 5) is 4.04. The summed E-state index contributed by atoms with van der Waals surface area (Å²) in [5.74, 6) is 0.652. The van der Waals surface area contributed by atoms with E-state index in [-0.39, 0.29) is 0 Å². The first-order valence-electron chi connectivity index (χ1n) is 3.89. The lowest BCUT2D eigenvalue weighted by atomic mass is 9.95. The predicted molar refractivity (Wildman–Crippen MR) is 42.1 cm³/mol. The van der Waals surface area contributed by atoms with Gasteiger partial charge in [-0.2, -0.15) is 0 Å². The van der Waals surface area contributed by atoms with Crippen molar-refractivity contribution in [2.45, 2.75) is 13.0 Å². The monoisotopic (exact) mass is 149 g/mol. The van der Waals surface area contributed by atoms with Crippen LogP contribution < -0.4 is 0 Å². The number of nitrogens with zero attached hydrogens (tertiary/aromatic N) is 1. The molecule has 2 atom stereocenters. The van der Waals surface area contributed by atoms with Crippen LogP contribution in [-0.4, -0.2) is 11.6 Å². The largest absolute Gasteiger partial charge is 0.373 e. The van der Waals surface area contributed by atoms with Crippen molar-refractivity contribution in [2.75, 3.05) is 6.61 Å². The Hall–Kier alpha value is -0.890. The summed E-state index contributed by atoms with van der Waals surface area (Å²) < 4.78 is 5.39. The van der Waals surface area contributed by atoms with Crippen LogP contribution >= 0.6 is 0 Å². The molecule has 11 heavy (non-hydrogen) atoms. The van der Waals surface area contributed by atoms with E-state index in [0.29, 0.717) is 12.0 Å². The van der Waals surface area contributed by atoms with Crippen LogP contribution in [0, 0.1) is 5.92 Å². The molecular weight excluding hydrogens is 138 g/mol. The maximum absolute atomic E-state index is 5.39. The summed E-state index contributed by atoms with van der Waals surface area (Å²) in [7, 11) is 0. The zero-order chi connectivity index (χ0) is 7.68. The number of hydrogen-bond donors (Lipinski definition) is 0. The van der Waals surface area contributed by atoms with Crippen LogP contribution in [0.2, 0.25) is 0 Å².